The quantitative estimate of drug-likeness (QED) is 0.397. The van der Waals surface area contributed by atoms with Crippen molar-refractivity contribution in [3.8, 4) is 5.75 Å². The molecule has 0 aliphatic heterocycles. The van der Waals surface area contributed by atoms with Gasteiger partial charge in [0.2, 0.25) is 0 Å². The zero-order valence-electron chi connectivity index (χ0n) is 14.7. The Hall–Kier alpha value is -2.77. The number of anilines is 3. The molecule has 0 radical (unpaired) electrons. The summed E-state index contributed by atoms with van der Waals surface area (Å²) < 4.78 is 44.6. The zero-order valence-corrected chi connectivity index (χ0v) is 17.9. The standard InChI is InChI=1S/C17H11BrF3N5O2S2/c18-12-7-11(5-6-14(12)28-17(19,20)21)24-16(29)23-10-3-1-9(2-4-10)22-15(27)13-8-30-26-25-13/h1-8H,(H,22,27)(H2,23,24,29). The second kappa shape index (κ2) is 9.36. The summed E-state index contributed by atoms with van der Waals surface area (Å²) in [6.07, 6.45) is -4.78. The van der Waals surface area contributed by atoms with Crippen LogP contribution in [0.3, 0.4) is 0 Å². The minimum absolute atomic E-state index is 0.114. The van der Waals surface area contributed by atoms with Crippen LogP contribution in [-0.2, 0) is 0 Å². The third-order valence-corrected chi connectivity index (χ3v) is 4.74. The van der Waals surface area contributed by atoms with Crippen LogP contribution in [0.4, 0.5) is 30.2 Å². The van der Waals surface area contributed by atoms with E-state index in [1.54, 1.807) is 24.3 Å². The normalized spacial score (nSPS) is 10.9. The minimum atomic E-state index is -4.78. The fourth-order valence-electron chi connectivity index (χ4n) is 2.18. The molecular formula is C17H11BrF3N5O2S2. The third-order valence-electron chi connectivity index (χ3n) is 3.41. The van der Waals surface area contributed by atoms with Crippen LogP contribution < -0.4 is 20.7 Å². The zero-order chi connectivity index (χ0) is 21.7. The lowest BCUT2D eigenvalue weighted by Gasteiger charge is -2.14. The molecule has 30 heavy (non-hydrogen) atoms. The number of halogens is 4. The highest BCUT2D eigenvalue weighted by molar-refractivity contribution is 9.10. The van der Waals surface area contributed by atoms with Gasteiger partial charge in [0.15, 0.2) is 10.8 Å². The number of rotatable bonds is 5. The number of thiocarbonyl (C=S) groups is 1. The first-order valence-electron chi connectivity index (χ1n) is 8.01. The SMILES string of the molecule is O=C(Nc1ccc(NC(=S)Nc2ccc(OC(F)(F)F)c(Br)c2)cc1)c1csnn1. The molecule has 0 fully saturated rings. The predicted molar refractivity (Wildman–Crippen MR) is 115 cm³/mol. The average molecular weight is 518 g/mol. The van der Waals surface area contributed by atoms with Gasteiger partial charge < -0.3 is 20.7 Å². The number of benzene rings is 2. The predicted octanol–water partition coefficient (Wildman–Crippen LogP) is 5.26. The van der Waals surface area contributed by atoms with Crippen molar-refractivity contribution in [3.63, 3.8) is 0 Å². The number of hydrogen-bond donors (Lipinski definition) is 3. The van der Waals surface area contributed by atoms with E-state index >= 15 is 0 Å². The molecule has 0 atom stereocenters. The van der Waals surface area contributed by atoms with Crippen LogP contribution in [0.2, 0.25) is 0 Å². The van der Waals surface area contributed by atoms with Crippen molar-refractivity contribution in [2.75, 3.05) is 16.0 Å². The number of carbonyl (C=O) groups is 1. The average Bonchev–Trinajstić information content (AvgIpc) is 3.19. The first-order valence-corrected chi connectivity index (χ1v) is 10.1. The van der Waals surface area contributed by atoms with E-state index < -0.39 is 6.36 Å². The summed E-state index contributed by atoms with van der Waals surface area (Å²) in [5, 5.41) is 13.9. The molecular weight excluding hydrogens is 507 g/mol. The van der Waals surface area contributed by atoms with Gasteiger partial charge in [-0.25, -0.2) is 0 Å². The summed E-state index contributed by atoms with van der Waals surface area (Å²) >= 11 is 9.31. The molecule has 156 valence electrons. The molecule has 0 saturated heterocycles. The van der Waals surface area contributed by atoms with Crippen molar-refractivity contribution >= 4 is 67.8 Å². The number of nitrogens with one attached hydrogen (secondary N) is 3. The molecule has 7 nitrogen and oxygen atoms in total. The Kier molecular flexibility index (Phi) is 6.84. The summed E-state index contributed by atoms with van der Waals surface area (Å²) in [5.41, 5.74) is 1.87. The Morgan fingerprint density at radius 2 is 1.63 bits per heavy atom. The summed E-state index contributed by atoms with van der Waals surface area (Å²) in [4.78, 5) is 11.9. The van der Waals surface area contributed by atoms with Gasteiger partial charge in [-0.3, -0.25) is 4.79 Å². The van der Waals surface area contributed by atoms with Crippen molar-refractivity contribution in [1.82, 2.24) is 9.59 Å². The van der Waals surface area contributed by atoms with E-state index in [2.05, 4.69) is 46.2 Å². The lowest BCUT2D eigenvalue weighted by molar-refractivity contribution is -0.274. The van der Waals surface area contributed by atoms with Gasteiger partial charge >= 0.3 is 6.36 Å². The van der Waals surface area contributed by atoms with E-state index in [9.17, 15) is 18.0 Å². The van der Waals surface area contributed by atoms with Crippen LogP contribution in [0.15, 0.2) is 52.3 Å². The van der Waals surface area contributed by atoms with Gasteiger partial charge in [0.1, 0.15) is 5.75 Å². The maximum Gasteiger partial charge on any atom is 0.573 e. The van der Waals surface area contributed by atoms with E-state index in [0.717, 1.165) is 17.6 Å². The van der Waals surface area contributed by atoms with Gasteiger partial charge in [-0.2, -0.15) is 0 Å². The summed E-state index contributed by atoms with van der Waals surface area (Å²) in [6, 6.07) is 10.7. The number of nitrogens with zero attached hydrogens (tertiary/aromatic N) is 2. The van der Waals surface area contributed by atoms with E-state index in [4.69, 9.17) is 12.2 Å². The monoisotopic (exact) mass is 517 g/mol. The maximum atomic E-state index is 12.3. The topological polar surface area (TPSA) is 88.2 Å². The van der Waals surface area contributed by atoms with Crippen molar-refractivity contribution in [2.45, 2.75) is 6.36 Å². The van der Waals surface area contributed by atoms with E-state index in [-0.39, 0.29) is 26.9 Å². The molecule has 1 aromatic heterocycles. The summed E-state index contributed by atoms with van der Waals surface area (Å²) in [5.74, 6) is -0.733. The van der Waals surface area contributed by atoms with Crippen LogP contribution in [0.25, 0.3) is 0 Å². The molecule has 1 amide bonds. The molecule has 0 bridgehead atoms. The number of carbonyl (C=O) groups excluding carboxylic acids is 1. The van der Waals surface area contributed by atoms with Gasteiger partial charge in [-0.15, -0.1) is 18.3 Å². The second-order valence-corrected chi connectivity index (χ2v) is 7.47. The number of amides is 1. The fraction of sp³-hybridized carbons (Fsp3) is 0.0588. The minimum Gasteiger partial charge on any atom is -0.405 e. The van der Waals surface area contributed by atoms with E-state index in [1.807, 2.05) is 0 Å². The molecule has 0 saturated carbocycles. The number of hydrogen-bond acceptors (Lipinski definition) is 6. The van der Waals surface area contributed by atoms with Crippen LogP contribution in [0, 0.1) is 0 Å². The Morgan fingerprint density at radius 1 is 1.03 bits per heavy atom. The van der Waals surface area contributed by atoms with Crippen LogP contribution in [-0.4, -0.2) is 27.0 Å². The Balaban J connectivity index is 1.56. The van der Waals surface area contributed by atoms with Gasteiger partial charge in [-0.1, -0.05) is 4.49 Å². The van der Waals surface area contributed by atoms with Crippen LogP contribution in [0.5, 0.6) is 5.75 Å². The molecule has 3 N–H and O–H groups in total. The van der Waals surface area contributed by atoms with E-state index in [1.165, 1.54) is 17.5 Å². The molecule has 2 aromatic carbocycles. The molecule has 0 aliphatic rings. The van der Waals surface area contributed by atoms with Crippen molar-refractivity contribution in [3.05, 3.63) is 58.0 Å². The van der Waals surface area contributed by atoms with Crippen molar-refractivity contribution < 1.29 is 22.7 Å². The molecule has 0 spiro atoms. The highest BCUT2D eigenvalue weighted by Gasteiger charge is 2.31. The lowest BCUT2D eigenvalue weighted by atomic mass is 10.2. The molecule has 0 aliphatic carbocycles. The first-order chi connectivity index (χ1) is 14.2. The molecule has 1 heterocycles. The van der Waals surface area contributed by atoms with Gasteiger partial charge in [0, 0.05) is 22.4 Å². The number of ether oxygens (including phenoxy) is 1. The highest BCUT2D eigenvalue weighted by atomic mass is 79.9. The van der Waals surface area contributed by atoms with Crippen molar-refractivity contribution in [2.24, 2.45) is 0 Å². The van der Waals surface area contributed by atoms with Gasteiger partial charge in [0.05, 0.1) is 4.47 Å². The van der Waals surface area contributed by atoms with Crippen LogP contribution in [0.1, 0.15) is 10.5 Å². The summed E-state index contributed by atoms with van der Waals surface area (Å²) in [7, 11) is 0. The lowest BCUT2D eigenvalue weighted by Crippen LogP contribution is -2.19. The summed E-state index contributed by atoms with van der Waals surface area (Å²) in [6.45, 7) is 0. The molecule has 3 aromatic rings. The number of aromatic nitrogens is 2. The van der Waals surface area contributed by atoms with Gasteiger partial charge in [0.25, 0.3) is 5.91 Å². The second-order valence-electron chi connectivity index (χ2n) is 5.59. The third kappa shape index (κ3) is 6.37. The Labute approximate surface area is 185 Å². The fourth-order valence-corrected chi connectivity index (χ4v) is 3.31. The Morgan fingerprint density at radius 3 is 2.20 bits per heavy atom. The molecule has 13 heteroatoms. The van der Waals surface area contributed by atoms with Crippen LogP contribution >= 0.6 is 39.7 Å². The first kappa shape index (κ1) is 21.9. The van der Waals surface area contributed by atoms with Crippen molar-refractivity contribution in [1.29, 1.82) is 0 Å². The van der Waals surface area contributed by atoms with Gasteiger partial charge in [-0.05, 0) is 82.1 Å². The molecule has 3 rings (SSSR count). The largest absolute Gasteiger partial charge is 0.573 e. The maximum absolute atomic E-state index is 12.3. The number of alkyl halides is 3. The highest BCUT2D eigenvalue weighted by Crippen LogP contribution is 2.32. The van der Waals surface area contributed by atoms with E-state index in [0.29, 0.717) is 17.1 Å². The Bertz CT molecular complexity index is 1050. The smallest absolute Gasteiger partial charge is 0.405 e. The molecule has 0 unspecified atom stereocenters.